The van der Waals surface area contributed by atoms with E-state index in [9.17, 15) is 19.5 Å². The number of pyridine rings is 1. The molecule has 0 unspecified atom stereocenters. The lowest BCUT2D eigenvalue weighted by molar-refractivity contribution is -0.141. The molecule has 8 heteroatoms. The van der Waals surface area contributed by atoms with Gasteiger partial charge >= 0.3 is 5.97 Å². The molecule has 1 heterocycles. The Morgan fingerprint density at radius 2 is 1.81 bits per heavy atom. The van der Waals surface area contributed by atoms with Crippen LogP contribution in [0.3, 0.4) is 0 Å². The number of hydrogen-bond donors (Lipinski definition) is 2. The molecule has 1 amide bonds. The monoisotopic (exact) mass is 460 g/mol. The minimum atomic E-state index is -0.903. The maximum atomic E-state index is 13.0. The molecule has 1 atom stereocenters. The number of benzene rings is 1. The normalized spacial score (nSPS) is 19.5. The van der Waals surface area contributed by atoms with Gasteiger partial charge in [0.15, 0.2) is 0 Å². The highest BCUT2D eigenvalue weighted by Crippen LogP contribution is 2.57. The van der Waals surface area contributed by atoms with E-state index < -0.39 is 17.5 Å². The van der Waals surface area contributed by atoms with E-state index in [1.165, 1.54) is 30.4 Å². The van der Waals surface area contributed by atoms with Crippen LogP contribution in [-0.2, 0) is 9.53 Å². The minimum Gasteiger partial charge on any atom is -0.464 e. The van der Waals surface area contributed by atoms with E-state index in [4.69, 9.17) is 16.3 Å². The Morgan fingerprint density at radius 3 is 2.44 bits per heavy atom. The van der Waals surface area contributed by atoms with Gasteiger partial charge in [-0.2, -0.15) is 0 Å². The first-order chi connectivity index (χ1) is 15.1. The number of hydrogen-bond acceptors (Lipinski definition) is 5. The molecule has 2 fully saturated rings. The zero-order valence-corrected chi connectivity index (χ0v) is 19.2. The number of fused-ring (bicyclic) bond motifs is 1. The average molecular weight is 461 g/mol. The first-order valence-electron chi connectivity index (χ1n) is 11.1. The van der Waals surface area contributed by atoms with Crippen LogP contribution in [0.15, 0.2) is 29.2 Å². The van der Waals surface area contributed by atoms with Crippen molar-refractivity contribution in [2.45, 2.75) is 64.0 Å². The average Bonchev–Trinajstić information content (AvgIpc) is 3.52. The first kappa shape index (κ1) is 22.8. The van der Waals surface area contributed by atoms with E-state index in [2.05, 4.69) is 5.32 Å². The molecule has 0 radical (unpaired) electrons. The van der Waals surface area contributed by atoms with Crippen LogP contribution >= 0.6 is 11.6 Å². The molecule has 172 valence electrons. The number of carbonyl (C=O) groups is 2. The molecular formula is C24H29ClN2O5. The van der Waals surface area contributed by atoms with Crippen LogP contribution in [0.25, 0.3) is 10.8 Å². The first-order valence-corrected chi connectivity index (χ1v) is 11.5. The molecule has 2 saturated carbocycles. The number of rotatable bonds is 6. The number of aliphatic hydroxyl groups is 1. The van der Waals surface area contributed by atoms with Gasteiger partial charge < -0.3 is 19.7 Å². The Bertz CT molecular complexity index is 1110. The van der Waals surface area contributed by atoms with E-state index in [1.807, 2.05) is 0 Å². The summed E-state index contributed by atoms with van der Waals surface area (Å²) < 4.78 is 6.49. The molecule has 1 aromatic heterocycles. The van der Waals surface area contributed by atoms with Gasteiger partial charge in [-0.25, -0.2) is 0 Å². The fraction of sp³-hybridized carbons (Fsp3) is 0.542. The van der Waals surface area contributed by atoms with Crippen LogP contribution in [0.5, 0.6) is 0 Å². The van der Waals surface area contributed by atoms with E-state index in [0.29, 0.717) is 29.0 Å². The van der Waals surface area contributed by atoms with Gasteiger partial charge in [-0.05, 0) is 69.1 Å². The number of nitrogens with one attached hydrogen (secondary N) is 1. The summed E-state index contributed by atoms with van der Waals surface area (Å²) in [5.41, 5.74) is -0.534. The van der Waals surface area contributed by atoms with Crippen LogP contribution in [0, 0.1) is 5.41 Å². The molecular weight excluding hydrogens is 432 g/mol. The van der Waals surface area contributed by atoms with E-state index in [1.54, 1.807) is 25.3 Å². The predicted octanol–water partition coefficient (Wildman–Crippen LogP) is 3.59. The maximum Gasteiger partial charge on any atom is 0.302 e. The number of amides is 1. The molecule has 2 N–H and O–H groups in total. The summed E-state index contributed by atoms with van der Waals surface area (Å²) in [6, 6.07) is 4.44. The fourth-order valence-corrected chi connectivity index (χ4v) is 4.89. The van der Waals surface area contributed by atoms with Crippen LogP contribution < -0.4 is 10.9 Å². The van der Waals surface area contributed by atoms with Crippen LogP contribution in [0.2, 0.25) is 5.02 Å². The second-order valence-corrected chi connectivity index (χ2v) is 9.88. The number of nitrogens with zero attached hydrogens (tertiary/aromatic N) is 1. The van der Waals surface area contributed by atoms with Crippen LogP contribution in [0.4, 0.5) is 0 Å². The van der Waals surface area contributed by atoms with Gasteiger partial charge in [0.25, 0.3) is 11.5 Å². The number of carbonyl (C=O) groups excluding carboxylic acids is 2. The van der Waals surface area contributed by atoms with Gasteiger partial charge in [0.2, 0.25) is 0 Å². The lowest BCUT2D eigenvalue weighted by Crippen LogP contribution is -2.45. The third-order valence-corrected chi connectivity index (χ3v) is 7.38. The number of esters is 1. The Kier molecular flexibility index (Phi) is 6.07. The summed E-state index contributed by atoms with van der Waals surface area (Å²) >= 11 is 6.35. The molecule has 2 aromatic rings. The van der Waals surface area contributed by atoms with Gasteiger partial charge in [-0.3, -0.25) is 14.4 Å². The Labute approximate surface area is 191 Å². The largest absolute Gasteiger partial charge is 0.464 e. The van der Waals surface area contributed by atoms with Gasteiger partial charge in [0, 0.05) is 30.4 Å². The van der Waals surface area contributed by atoms with Gasteiger partial charge in [0.05, 0.1) is 22.2 Å². The molecule has 1 spiro atoms. The van der Waals surface area contributed by atoms with Crippen molar-refractivity contribution in [1.82, 2.24) is 9.88 Å². The van der Waals surface area contributed by atoms with Crippen molar-refractivity contribution in [2.75, 3.05) is 13.2 Å². The molecule has 1 aromatic carbocycles. The van der Waals surface area contributed by atoms with Crippen molar-refractivity contribution in [3.63, 3.8) is 0 Å². The molecule has 4 rings (SSSR count). The molecule has 0 saturated heterocycles. The summed E-state index contributed by atoms with van der Waals surface area (Å²) in [5, 5.41) is 14.8. The zero-order valence-electron chi connectivity index (χ0n) is 18.4. The third kappa shape index (κ3) is 4.55. The predicted molar refractivity (Wildman–Crippen MR) is 122 cm³/mol. The van der Waals surface area contributed by atoms with Crippen molar-refractivity contribution >= 4 is 34.2 Å². The van der Waals surface area contributed by atoms with Crippen molar-refractivity contribution < 1.29 is 19.4 Å². The zero-order chi connectivity index (χ0) is 23.1. The highest BCUT2D eigenvalue weighted by atomic mass is 35.5. The fourth-order valence-electron chi connectivity index (χ4n) is 4.64. The quantitative estimate of drug-likeness (QED) is 0.642. The maximum absolute atomic E-state index is 13.0. The van der Waals surface area contributed by atoms with Crippen molar-refractivity contribution in [3.8, 4) is 0 Å². The van der Waals surface area contributed by atoms with Crippen molar-refractivity contribution in [3.05, 3.63) is 45.3 Å². The molecule has 0 aliphatic heterocycles. The van der Waals surface area contributed by atoms with Gasteiger partial charge in [-0.1, -0.05) is 11.6 Å². The third-order valence-electron chi connectivity index (χ3n) is 7.07. The van der Waals surface area contributed by atoms with Crippen molar-refractivity contribution in [2.24, 2.45) is 5.41 Å². The Balaban J connectivity index is 1.54. The van der Waals surface area contributed by atoms with E-state index in [-0.39, 0.29) is 35.3 Å². The van der Waals surface area contributed by atoms with Crippen LogP contribution in [0.1, 0.15) is 68.8 Å². The van der Waals surface area contributed by atoms with E-state index in [0.717, 1.165) is 12.8 Å². The second-order valence-electron chi connectivity index (χ2n) is 9.47. The Morgan fingerprint density at radius 1 is 1.16 bits per heavy atom. The topological polar surface area (TPSA) is 97.6 Å². The SMILES string of the molecule is CC(=O)OC[C@@H](C)n1ccc2c(C(=O)NCC3(O)CCC4(CC3)CC4)c(Cl)ccc2c1=O. The summed E-state index contributed by atoms with van der Waals surface area (Å²) in [7, 11) is 0. The molecule has 2 aliphatic rings. The Hall–Kier alpha value is -2.38. The standard InChI is InChI=1S/C24H29ClN2O5/c1-15(13-32-16(2)28)27-12-5-17-18(22(27)30)3-4-19(25)20(17)21(29)26-14-24(31)10-8-23(6-7-23)9-11-24/h3-5,12,15,31H,6-11,13-14H2,1-2H3,(H,26,29)/t15-/m1/s1. The summed E-state index contributed by atoms with van der Waals surface area (Å²) in [5.74, 6) is -0.825. The molecule has 0 bridgehead atoms. The second kappa shape index (κ2) is 8.52. The molecule has 2 aliphatic carbocycles. The van der Waals surface area contributed by atoms with Crippen molar-refractivity contribution in [1.29, 1.82) is 0 Å². The smallest absolute Gasteiger partial charge is 0.302 e. The van der Waals surface area contributed by atoms with E-state index >= 15 is 0 Å². The van der Waals surface area contributed by atoms with Crippen LogP contribution in [-0.4, -0.2) is 40.3 Å². The molecule has 32 heavy (non-hydrogen) atoms. The lowest BCUT2D eigenvalue weighted by atomic mass is 9.77. The number of aromatic nitrogens is 1. The summed E-state index contributed by atoms with van der Waals surface area (Å²) in [4.78, 5) is 37.2. The number of halogens is 1. The van der Waals surface area contributed by atoms with Gasteiger partial charge in [0.1, 0.15) is 6.61 Å². The highest BCUT2D eigenvalue weighted by molar-refractivity contribution is 6.35. The molecule has 7 nitrogen and oxygen atoms in total. The van der Waals surface area contributed by atoms with Gasteiger partial charge in [-0.15, -0.1) is 0 Å². The highest BCUT2D eigenvalue weighted by Gasteiger charge is 2.48. The lowest BCUT2D eigenvalue weighted by Gasteiger charge is -2.36. The summed E-state index contributed by atoms with van der Waals surface area (Å²) in [6.45, 7) is 3.32. The minimum absolute atomic E-state index is 0.0710. The summed E-state index contributed by atoms with van der Waals surface area (Å²) in [6.07, 6.45) is 7.44. The number of ether oxygens (including phenoxy) is 1.